The Bertz CT molecular complexity index is 1390. The highest BCUT2D eigenvalue weighted by molar-refractivity contribution is 6.56. The number of carbonyl (C=O) groups excluding carboxylic acids is 1. The zero-order valence-electron chi connectivity index (χ0n) is 22.3. The van der Waals surface area contributed by atoms with Gasteiger partial charge in [0.1, 0.15) is 6.61 Å². The fourth-order valence-electron chi connectivity index (χ4n) is 4.89. The van der Waals surface area contributed by atoms with E-state index >= 15 is 0 Å². The highest BCUT2D eigenvalue weighted by Crippen LogP contribution is 2.44. The quantitative estimate of drug-likeness (QED) is 0.368. The van der Waals surface area contributed by atoms with Crippen molar-refractivity contribution >= 4 is 19.3 Å². The maximum Gasteiger partial charge on any atom is 0.492 e. The van der Waals surface area contributed by atoms with Crippen LogP contribution in [0.3, 0.4) is 0 Å². The monoisotopic (exact) mass is 533 g/mol. The molecule has 9 heteroatoms. The number of alkyl carbamates (subject to hydrolysis) is 1. The van der Waals surface area contributed by atoms with Gasteiger partial charge >= 0.3 is 13.2 Å². The van der Waals surface area contributed by atoms with Crippen molar-refractivity contribution in [2.24, 2.45) is 0 Å². The van der Waals surface area contributed by atoms with E-state index in [0.29, 0.717) is 5.47 Å². The van der Waals surface area contributed by atoms with Crippen molar-refractivity contribution < 1.29 is 32.7 Å². The lowest BCUT2D eigenvalue weighted by molar-refractivity contribution is 0.00578. The summed E-state index contributed by atoms with van der Waals surface area (Å²) in [5.41, 5.74) is 3.27. The SMILES string of the molecule is CC1(C)OB(C(=Cc2ccc(O)c(F)c2F)CNC(=O)OCC2c3ccccc3-c3ccccc32)OC1(C)C. The number of amides is 1. The van der Waals surface area contributed by atoms with Crippen LogP contribution in [-0.2, 0) is 14.0 Å². The number of fused-ring (bicyclic) bond motifs is 3. The molecule has 0 saturated carbocycles. The standard InChI is InChI=1S/C30H30BF2NO5/c1-29(2)30(3,4)39-31(38-29)19(15-18-13-14-25(35)27(33)26(18)32)16-34-28(36)37-17-24-22-11-7-5-9-20(22)21-10-6-8-12-23(21)24/h5-15,24,35H,16-17H2,1-4H3,(H,34,36). The number of aromatic hydroxyl groups is 1. The minimum absolute atomic E-state index is 0.102. The number of carbonyl (C=O) groups is 1. The minimum atomic E-state index is -1.36. The van der Waals surface area contributed by atoms with Crippen LogP contribution in [0.5, 0.6) is 5.75 Å². The first-order valence-electron chi connectivity index (χ1n) is 12.8. The number of nitrogens with one attached hydrogen (secondary N) is 1. The molecule has 1 fully saturated rings. The summed E-state index contributed by atoms with van der Waals surface area (Å²) >= 11 is 0. The normalized spacial score (nSPS) is 17.6. The molecule has 3 aromatic carbocycles. The van der Waals surface area contributed by atoms with Gasteiger partial charge in [-0.1, -0.05) is 54.6 Å². The van der Waals surface area contributed by atoms with Gasteiger partial charge in [-0.15, -0.1) is 0 Å². The first-order valence-corrected chi connectivity index (χ1v) is 12.8. The molecule has 1 amide bonds. The van der Waals surface area contributed by atoms with Crippen LogP contribution in [0.4, 0.5) is 13.6 Å². The smallest absolute Gasteiger partial charge is 0.492 e. The average Bonchev–Trinajstić information content (AvgIpc) is 3.34. The first kappa shape index (κ1) is 26.9. The first-order chi connectivity index (χ1) is 18.5. The molecule has 39 heavy (non-hydrogen) atoms. The van der Waals surface area contributed by atoms with E-state index in [0.717, 1.165) is 28.3 Å². The minimum Gasteiger partial charge on any atom is -0.505 e. The van der Waals surface area contributed by atoms with Gasteiger partial charge in [0.05, 0.1) is 11.2 Å². The second-order valence-electron chi connectivity index (χ2n) is 10.8. The van der Waals surface area contributed by atoms with Crippen molar-refractivity contribution in [3.05, 3.63) is 94.5 Å². The fourth-order valence-corrected chi connectivity index (χ4v) is 4.89. The van der Waals surface area contributed by atoms with Crippen LogP contribution in [-0.4, -0.2) is 42.7 Å². The van der Waals surface area contributed by atoms with Crippen LogP contribution in [0, 0.1) is 11.6 Å². The van der Waals surface area contributed by atoms with Gasteiger partial charge in [-0.3, -0.25) is 0 Å². The second kappa shape index (κ2) is 10.1. The number of hydrogen-bond donors (Lipinski definition) is 2. The summed E-state index contributed by atoms with van der Waals surface area (Å²) in [5.74, 6) is -3.47. The maximum atomic E-state index is 14.6. The van der Waals surface area contributed by atoms with Gasteiger partial charge in [-0.25, -0.2) is 9.18 Å². The molecular formula is C30H30BF2NO5. The molecular weight excluding hydrogens is 503 g/mol. The Labute approximate surface area is 226 Å². The third-order valence-electron chi connectivity index (χ3n) is 7.77. The number of phenolic OH excluding ortho intramolecular Hbond substituents is 1. The number of phenols is 1. The lowest BCUT2D eigenvalue weighted by atomic mass is 9.77. The summed E-state index contributed by atoms with van der Waals surface area (Å²) in [6, 6.07) is 18.4. The number of halogens is 2. The number of benzene rings is 3. The Balaban J connectivity index is 1.33. The summed E-state index contributed by atoms with van der Waals surface area (Å²) in [5, 5.41) is 12.2. The highest BCUT2D eigenvalue weighted by atomic mass is 19.2. The van der Waals surface area contributed by atoms with Gasteiger partial charge in [0.15, 0.2) is 11.6 Å². The lowest BCUT2D eigenvalue weighted by Crippen LogP contribution is -2.41. The van der Waals surface area contributed by atoms with Gasteiger partial charge in [0.25, 0.3) is 0 Å². The van der Waals surface area contributed by atoms with E-state index in [-0.39, 0.29) is 24.6 Å². The van der Waals surface area contributed by atoms with Crippen LogP contribution in [0.15, 0.2) is 66.1 Å². The second-order valence-corrected chi connectivity index (χ2v) is 10.8. The number of hydrogen-bond acceptors (Lipinski definition) is 5. The van der Waals surface area contributed by atoms with E-state index < -0.39 is 41.8 Å². The molecule has 6 nitrogen and oxygen atoms in total. The van der Waals surface area contributed by atoms with Crippen molar-refractivity contribution in [1.82, 2.24) is 5.32 Å². The van der Waals surface area contributed by atoms with Crippen LogP contribution in [0.25, 0.3) is 17.2 Å². The molecule has 1 aliphatic carbocycles. The molecule has 1 heterocycles. The molecule has 0 bridgehead atoms. The maximum absolute atomic E-state index is 14.6. The summed E-state index contributed by atoms with van der Waals surface area (Å²) in [4.78, 5) is 12.8. The van der Waals surface area contributed by atoms with E-state index in [9.17, 15) is 18.7 Å². The van der Waals surface area contributed by atoms with Crippen molar-refractivity contribution in [2.75, 3.05) is 13.2 Å². The number of ether oxygens (including phenoxy) is 1. The Morgan fingerprint density at radius 1 is 0.949 bits per heavy atom. The topological polar surface area (TPSA) is 77.0 Å². The summed E-state index contributed by atoms with van der Waals surface area (Å²) < 4.78 is 46.4. The Hall–Kier alpha value is -3.69. The predicted octanol–water partition coefficient (Wildman–Crippen LogP) is 6.22. The molecule has 1 saturated heterocycles. The molecule has 2 N–H and O–H groups in total. The molecule has 0 atom stereocenters. The summed E-state index contributed by atoms with van der Waals surface area (Å²) in [6.45, 7) is 7.49. The van der Waals surface area contributed by atoms with Crippen LogP contribution in [0.2, 0.25) is 0 Å². The Kier molecular flexibility index (Phi) is 6.99. The third kappa shape index (κ3) is 5.04. The molecule has 202 valence electrons. The number of rotatable bonds is 6. The molecule has 5 rings (SSSR count). The largest absolute Gasteiger partial charge is 0.505 e. The average molecular weight is 533 g/mol. The Morgan fingerprint density at radius 2 is 1.51 bits per heavy atom. The molecule has 3 aromatic rings. The van der Waals surface area contributed by atoms with Crippen LogP contribution >= 0.6 is 0 Å². The van der Waals surface area contributed by atoms with Crippen molar-refractivity contribution in [3.8, 4) is 16.9 Å². The van der Waals surface area contributed by atoms with Crippen LogP contribution < -0.4 is 5.32 Å². The van der Waals surface area contributed by atoms with Crippen molar-refractivity contribution in [1.29, 1.82) is 0 Å². The van der Waals surface area contributed by atoms with Gasteiger partial charge < -0.3 is 24.5 Å². The van der Waals surface area contributed by atoms with Crippen molar-refractivity contribution in [2.45, 2.75) is 44.8 Å². The van der Waals surface area contributed by atoms with Gasteiger partial charge in [-0.05, 0) is 67.6 Å². The highest BCUT2D eigenvalue weighted by Gasteiger charge is 2.52. The van der Waals surface area contributed by atoms with E-state index in [1.54, 1.807) is 0 Å². The zero-order valence-corrected chi connectivity index (χ0v) is 22.3. The molecule has 0 unspecified atom stereocenters. The third-order valence-corrected chi connectivity index (χ3v) is 7.77. The van der Waals surface area contributed by atoms with E-state index in [1.165, 1.54) is 12.1 Å². The Morgan fingerprint density at radius 3 is 2.10 bits per heavy atom. The van der Waals surface area contributed by atoms with Gasteiger partial charge in [0, 0.05) is 18.0 Å². The van der Waals surface area contributed by atoms with E-state index in [2.05, 4.69) is 17.4 Å². The van der Waals surface area contributed by atoms with Gasteiger partial charge in [0.2, 0.25) is 5.82 Å². The lowest BCUT2D eigenvalue weighted by Gasteiger charge is -2.32. The molecule has 0 radical (unpaired) electrons. The fraction of sp³-hybridized carbons (Fsp3) is 0.300. The van der Waals surface area contributed by atoms with E-state index in [4.69, 9.17) is 14.0 Å². The van der Waals surface area contributed by atoms with Gasteiger partial charge in [-0.2, -0.15) is 4.39 Å². The van der Waals surface area contributed by atoms with Crippen LogP contribution in [0.1, 0.15) is 50.3 Å². The molecule has 1 aliphatic heterocycles. The summed E-state index contributed by atoms with van der Waals surface area (Å²) in [7, 11) is -0.930. The zero-order chi connectivity index (χ0) is 27.9. The predicted molar refractivity (Wildman–Crippen MR) is 145 cm³/mol. The molecule has 2 aliphatic rings. The van der Waals surface area contributed by atoms with E-state index in [1.807, 2.05) is 64.1 Å². The molecule has 0 aromatic heterocycles. The van der Waals surface area contributed by atoms with Crippen molar-refractivity contribution in [3.63, 3.8) is 0 Å². The summed E-state index contributed by atoms with van der Waals surface area (Å²) in [6.07, 6.45) is 0.681. The molecule has 0 spiro atoms.